The van der Waals surface area contributed by atoms with Crippen LogP contribution in [0.4, 0.5) is 16.2 Å². The molecule has 0 radical (unpaired) electrons. The fourth-order valence-electron chi connectivity index (χ4n) is 4.14. The largest absolute Gasteiger partial charge is 0.445 e. The summed E-state index contributed by atoms with van der Waals surface area (Å²) >= 11 is 0. The molecule has 2 aliphatic rings. The summed E-state index contributed by atoms with van der Waals surface area (Å²) in [6, 6.07) is 15.4. The highest BCUT2D eigenvalue weighted by molar-refractivity contribution is 6.24. The predicted molar refractivity (Wildman–Crippen MR) is 126 cm³/mol. The minimum Gasteiger partial charge on any atom is -0.445 e. The third kappa shape index (κ3) is 5.72. The zero-order chi connectivity index (χ0) is 23.9. The molecule has 0 saturated carbocycles. The number of benzene rings is 2. The molecule has 2 saturated heterocycles. The average molecular weight is 465 g/mol. The van der Waals surface area contributed by atoms with Crippen molar-refractivity contribution in [2.24, 2.45) is 5.92 Å². The average Bonchev–Trinajstić information content (AvgIpc) is 2.86. The molecule has 0 aliphatic carbocycles. The Bertz CT molecular complexity index is 1040. The minimum absolute atomic E-state index is 0.0390. The first-order chi connectivity index (χ1) is 16.5. The van der Waals surface area contributed by atoms with Crippen LogP contribution in [0.15, 0.2) is 54.6 Å². The summed E-state index contributed by atoms with van der Waals surface area (Å²) in [5.74, 6) is -3.67. The van der Waals surface area contributed by atoms with Gasteiger partial charge in [0, 0.05) is 31.0 Å². The summed E-state index contributed by atoms with van der Waals surface area (Å²) in [5.41, 5.74) is 2.36. The lowest BCUT2D eigenvalue weighted by atomic mass is 9.92. The van der Waals surface area contributed by atoms with E-state index in [-0.39, 0.29) is 13.2 Å². The van der Waals surface area contributed by atoms with E-state index in [1.807, 2.05) is 30.3 Å². The van der Waals surface area contributed by atoms with Crippen LogP contribution in [0, 0.1) is 5.92 Å². The summed E-state index contributed by atoms with van der Waals surface area (Å²) < 4.78 is 5.14. The molecule has 2 fully saturated rings. The van der Waals surface area contributed by atoms with Gasteiger partial charge in [0.2, 0.25) is 11.8 Å². The van der Waals surface area contributed by atoms with E-state index < -0.39 is 35.7 Å². The van der Waals surface area contributed by atoms with Crippen LogP contribution in [0.1, 0.15) is 24.8 Å². The van der Waals surface area contributed by atoms with Gasteiger partial charge >= 0.3 is 6.09 Å². The molecule has 9 nitrogen and oxygen atoms in total. The number of carbonyl (C=O) groups excluding carboxylic acids is 4. The van der Waals surface area contributed by atoms with Crippen molar-refractivity contribution in [1.29, 1.82) is 0 Å². The van der Waals surface area contributed by atoms with Gasteiger partial charge in [0.05, 0.1) is 0 Å². The number of anilines is 2. The monoisotopic (exact) mass is 464 g/mol. The number of ketones is 1. The second kappa shape index (κ2) is 10.8. The molecule has 2 unspecified atom stereocenters. The van der Waals surface area contributed by atoms with Gasteiger partial charge in [0.1, 0.15) is 12.6 Å². The second-order valence-corrected chi connectivity index (χ2v) is 8.42. The van der Waals surface area contributed by atoms with E-state index in [2.05, 4.69) is 20.9 Å². The van der Waals surface area contributed by atoms with E-state index in [0.717, 1.165) is 37.2 Å². The van der Waals surface area contributed by atoms with E-state index in [4.69, 9.17) is 4.74 Å². The van der Waals surface area contributed by atoms with Gasteiger partial charge in [-0.25, -0.2) is 4.79 Å². The van der Waals surface area contributed by atoms with Crippen molar-refractivity contribution in [2.45, 2.75) is 31.9 Å². The Labute approximate surface area is 197 Å². The number of amides is 3. The number of carbonyl (C=O) groups is 4. The molecule has 9 heteroatoms. The Morgan fingerprint density at radius 2 is 1.68 bits per heavy atom. The molecular formula is C25H28N4O5. The van der Waals surface area contributed by atoms with E-state index in [9.17, 15) is 19.2 Å². The number of ether oxygens (including phenoxy) is 1. The van der Waals surface area contributed by atoms with Gasteiger partial charge in [-0.3, -0.25) is 14.4 Å². The predicted octanol–water partition coefficient (Wildman–Crippen LogP) is 2.23. The molecular weight excluding hydrogens is 436 g/mol. The zero-order valence-electron chi connectivity index (χ0n) is 18.8. The maximum Gasteiger partial charge on any atom is 0.408 e. The van der Waals surface area contributed by atoms with Crippen LogP contribution in [-0.4, -0.2) is 49.4 Å². The highest BCUT2D eigenvalue weighted by atomic mass is 16.5. The number of nitrogens with one attached hydrogen (secondary N) is 3. The van der Waals surface area contributed by atoms with Gasteiger partial charge < -0.3 is 25.6 Å². The molecule has 3 amide bonds. The second-order valence-electron chi connectivity index (χ2n) is 8.42. The molecule has 2 aromatic carbocycles. The number of alkyl carbamates (subject to hydrolysis) is 1. The number of hydrogen-bond donors (Lipinski definition) is 3. The quantitative estimate of drug-likeness (QED) is 0.565. The molecule has 3 N–H and O–H groups in total. The van der Waals surface area contributed by atoms with E-state index in [1.165, 1.54) is 6.42 Å². The lowest BCUT2D eigenvalue weighted by Crippen LogP contribution is -2.60. The molecule has 2 aromatic rings. The van der Waals surface area contributed by atoms with E-state index >= 15 is 0 Å². The van der Waals surface area contributed by atoms with E-state index in [0.29, 0.717) is 5.69 Å². The van der Waals surface area contributed by atoms with Crippen LogP contribution in [-0.2, 0) is 25.7 Å². The first-order valence-corrected chi connectivity index (χ1v) is 11.5. The summed E-state index contributed by atoms with van der Waals surface area (Å²) in [4.78, 5) is 52.3. The highest BCUT2D eigenvalue weighted by Gasteiger charge is 2.42. The topological polar surface area (TPSA) is 117 Å². The summed E-state index contributed by atoms with van der Waals surface area (Å²) in [6.07, 6.45) is 2.76. The SMILES string of the molecule is O=C(NC1CNC(=O)C(C(=O)Nc2ccc(N3CCCCC3)cc2)C1=O)OCc1ccccc1. The van der Waals surface area contributed by atoms with Crippen molar-refractivity contribution in [3.05, 3.63) is 60.2 Å². The third-order valence-corrected chi connectivity index (χ3v) is 5.99. The maximum absolute atomic E-state index is 12.8. The van der Waals surface area contributed by atoms with Gasteiger partial charge in [-0.15, -0.1) is 0 Å². The third-order valence-electron chi connectivity index (χ3n) is 5.99. The number of nitrogens with zero attached hydrogens (tertiary/aromatic N) is 1. The lowest BCUT2D eigenvalue weighted by molar-refractivity contribution is -0.143. The van der Waals surface area contributed by atoms with Crippen molar-refractivity contribution >= 4 is 35.1 Å². The molecule has 0 aromatic heterocycles. The fourth-order valence-corrected chi connectivity index (χ4v) is 4.14. The van der Waals surface area contributed by atoms with Gasteiger partial charge in [-0.2, -0.15) is 0 Å². The summed E-state index contributed by atoms with van der Waals surface area (Å²) in [6.45, 7) is 1.94. The minimum atomic E-state index is -1.56. The maximum atomic E-state index is 12.8. The van der Waals surface area contributed by atoms with Crippen LogP contribution in [0.5, 0.6) is 0 Å². The molecule has 2 atom stereocenters. The Morgan fingerprint density at radius 3 is 2.38 bits per heavy atom. The Hall–Kier alpha value is -3.88. The van der Waals surface area contributed by atoms with Gasteiger partial charge in [0.15, 0.2) is 11.7 Å². The first kappa shape index (κ1) is 23.3. The number of rotatable bonds is 6. The van der Waals surface area contributed by atoms with Crippen LogP contribution in [0.2, 0.25) is 0 Å². The smallest absolute Gasteiger partial charge is 0.408 e. The lowest BCUT2D eigenvalue weighted by Gasteiger charge is -2.29. The molecule has 4 rings (SSSR count). The molecule has 2 aliphatic heterocycles. The van der Waals surface area contributed by atoms with Crippen LogP contribution in [0.25, 0.3) is 0 Å². The van der Waals surface area contributed by atoms with Gasteiger partial charge in [0.25, 0.3) is 0 Å². The van der Waals surface area contributed by atoms with Gasteiger partial charge in [-0.1, -0.05) is 30.3 Å². The first-order valence-electron chi connectivity index (χ1n) is 11.5. The van der Waals surface area contributed by atoms with Crippen LogP contribution < -0.4 is 20.9 Å². The van der Waals surface area contributed by atoms with Crippen molar-refractivity contribution < 1.29 is 23.9 Å². The molecule has 34 heavy (non-hydrogen) atoms. The van der Waals surface area contributed by atoms with Crippen molar-refractivity contribution in [3.63, 3.8) is 0 Å². The Balaban J connectivity index is 1.33. The van der Waals surface area contributed by atoms with Crippen LogP contribution >= 0.6 is 0 Å². The molecule has 0 spiro atoms. The standard InChI is InChI=1S/C25H28N4O5/c30-22-20(28-25(33)34-16-17-7-3-1-4-8-17)15-26-23(31)21(22)24(32)27-18-9-11-19(12-10-18)29-13-5-2-6-14-29/h1,3-4,7-12,20-21H,2,5-6,13-16H2,(H,26,31)(H,27,32)(H,28,33). The van der Waals surface area contributed by atoms with Crippen molar-refractivity contribution in [1.82, 2.24) is 10.6 Å². The number of Topliss-reactive ketones (excluding diaryl/α,β-unsaturated/α-hetero) is 1. The summed E-state index contributed by atoms with van der Waals surface area (Å²) in [5, 5.41) is 7.59. The molecule has 178 valence electrons. The molecule has 0 bridgehead atoms. The van der Waals surface area contributed by atoms with Crippen molar-refractivity contribution in [3.8, 4) is 0 Å². The van der Waals surface area contributed by atoms with Gasteiger partial charge in [-0.05, 0) is 49.1 Å². The zero-order valence-corrected chi connectivity index (χ0v) is 18.8. The number of hydrogen-bond acceptors (Lipinski definition) is 6. The van der Waals surface area contributed by atoms with E-state index in [1.54, 1.807) is 24.3 Å². The Kier molecular flexibility index (Phi) is 7.41. The normalized spacial score (nSPS) is 20.3. The van der Waals surface area contributed by atoms with Crippen molar-refractivity contribution in [2.75, 3.05) is 29.9 Å². The highest BCUT2D eigenvalue weighted by Crippen LogP contribution is 2.22. The summed E-state index contributed by atoms with van der Waals surface area (Å²) in [7, 11) is 0. The number of piperidine rings is 2. The van der Waals surface area contributed by atoms with Crippen LogP contribution in [0.3, 0.4) is 0 Å². The fraction of sp³-hybridized carbons (Fsp3) is 0.360. The molecule has 2 heterocycles. The Morgan fingerprint density at radius 1 is 0.971 bits per heavy atom.